The van der Waals surface area contributed by atoms with Gasteiger partial charge in [-0.3, -0.25) is 0 Å². The van der Waals surface area contributed by atoms with Gasteiger partial charge in [0.2, 0.25) is 0 Å². The molecule has 1 atom stereocenters. The molecule has 1 aliphatic carbocycles. The van der Waals surface area contributed by atoms with Crippen LogP contribution in [-0.4, -0.2) is 26.8 Å². The van der Waals surface area contributed by atoms with E-state index in [2.05, 4.69) is 22.5 Å². The molecule has 3 N–H and O–H groups in total. The Balaban J connectivity index is 2.03. The topological polar surface area (TPSA) is 64.1 Å². The van der Waals surface area contributed by atoms with Crippen molar-refractivity contribution in [3.8, 4) is 0 Å². The molecule has 3 rings (SSSR count). The Kier molecular flexibility index (Phi) is 3.07. The molecular weight excluding hydrogens is 238 g/mol. The molecule has 1 aromatic carbocycles. The average molecular weight is 259 g/mol. The van der Waals surface area contributed by atoms with Crippen LogP contribution in [0.2, 0.25) is 0 Å². The van der Waals surface area contributed by atoms with Crippen LogP contribution >= 0.6 is 0 Å². The van der Waals surface area contributed by atoms with Gasteiger partial charge in [0.05, 0.1) is 23.2 Å². The normalized spacial score (nSPS) is 18.7. The van der Waals surface area contributed by atoms with Crippen molar-refractivity contribution >= 4 is 11.0 Å². The smallest absolute Gasteiger partial charge is 0.109 e. The van der Waals surface area contributed by atoms with Crippen LogP contribution < -0.4 is 5.73 Å². The molecule has 1 saturated carbocycles. The molecule has 102 valence electrons. The number of rotatable bonds is 5. The maximum Gasteiger partial charge on any atom is 0.109 e. The fourth-order valence-electron chi connectivity index (χ4n) is 2.83. The second-order valence-electron chi connectivity index (χ2n) is 5.54. The molecule has 0 radical (unpaired) electrons. The summed E-state index contributed by atoms with van der Waals surface area (Å²) >= 11 is 0. The van der Waals surface area contributed by atoms with E-state index in [1.54, 1.807) is 0 Å². The van der Waals surface area contributed by atoms with E-state index in [1.807, 2.05) is 18.2 Å². The van der Waals surface area contributed by atoms with Crippen molar-refractivity contribution in [1.82, 2.24) is 9.55 Å². The lowest BCUT2D eigenvalue weighted by Gasteiger charge is -2.28. The fraction of sp³-hybridized carbons (Fsp3) is 0.533. The molecule has 1 heterocycles. The number of benzene rings is 1. The first-order chi connectivity index (χ1) is 9.18. The third-order valence-electron chi connectivity index (χ3n) is 4.17. The van der Waals surface area contributed by atoms with Crippen LogP contribution in [0.5, 0.6) is 0 Å². The van der Waals surface area contributed by atoms with Crippen molar-refractivity contribution in [2.75, 3.05) is 6.54 Å². The van der Waals surface area contributed by atoms with Crippen molar-refractivity contribution in [2.45, 2.75) is 38.3 Å². The summed E-state index contributed by atoms with van der Waals surface area (Å²) in [5, 5.41) is 10.7. The monoisotopic (exact) mass is 259 g/mol. The zero-order valence-corrected chi connectivity index (χ0v) is 11.3. The highest BCUT2D eigenvalue weighted by molar-refractivity contribution is 5.75. The molecule has 0 amide bonds. The van der Waals surface area contributed by atoms with E-state index >= 15 is 0 Å². The molecule has 1 fully saturated rings. The Labute approximate surface area is 113 Å². The second-order valence-corrected chi connectivity index (χ2v) is 5.54. The predicted octanol–water partition coefficient (Wildman–Crippen LogP) is 1.70. The summed E-state index contributed by atoms with van der Waals surface area (Å²) in [7, 11) is 0. The number of imidazole rings is 1. The van der Waals surface area contributed by atoms with Gasteiger partial charge in [-0.2, -0.15) is 0 Å². The molecule has 4 nitrogen and oxygen atoms in total. The lowest BCUT2D eigenvalue weighted by atomic mass is 9.97. The highest BCUT2D eigenvalue weighted by Gasteiger charge is 2.43. The SMILES string of the molecule is CCc1nc2ccccc2n1CC(O)(CN)C1CC1. The van der Waals surface area contributed by atoms with E-state index in [9.17, 15) is 5.11 Å². The van der Waals surface area contributed by atoms with Crippen LogP contribution in [0.4, 0.5) is 0 Å². The van der Waals surface area contributed by atoms with Gasteiger partial charge >= 0.3 is 0 Å². The molecule has 2 aromatic rings. The molecule has 1 aromatic heterocycles. The van der Waals surface area contributed by atoms with Gasteiger partial charge in [0.15, 0.2) is 0 Å². The number of hydrogen-bond donors (Lipinski definition) is 2. The largest absolute Gasteiger partial charge is 0.386 e. The van der Waals surface area contributed by atoms with Crippen molar-refractivity contribution in [3.63, 3.8) is 0 Å². The fourth-order valence-corrected chi connectivity index (χ4v) is 2.83. The summed E-state index contributed by atoms with van der Waals surface area (Å²) in [5.41, 5.74) is 7.12. The lowest BCUT2D eigenvalue weighted by molar-refractivity contribution is 0.00973. The van der Waals surface area contributed by atoms with E-state index in [4.69, 9.17) is 5.73 Å². The first-order valence-corrected chi connectivity index (χ1v) is 7.04. The summed E-state index contributed by atoms with van der Waals surface area (Å²) in [5.74, 6) is 1.37. The Morgan fingerprint density at radius 1 is 1.42 bits per heavy atom. The molecular formula is C15H21N3O. The number of nitrogens with two attached hydrogens (primary N) is 1. The Morgan fingerprint density at radius 2 is 2.16 bits per heavy atom. The van der Waals surface area contributed by atoms with E-state index in [0.29, 0.717) is 19.0 Å². The Morgan fingerprint density at radius 3 is 2.79 bits per heavy atom. The van der Waals surface area contributed by atoms with Crippen LogP contribution in [0.1, 0.15) is 25.6 Å². The lowest BCUT2D eigenvalue weighted by Crippen LogP contribution is -2.44. The van der Waals surface area contributed by atoms with Crippen molar-refractivity contribution in [3.05, 3.63) is 30.1 Å². The molecule has 0 spiro atoms. The van der Waals surface area contributed by atoms with Gasteiger partial charge < -0.3 is 15.4 Å². The first kappa shape index (κ1) is 12.6. The van der Waals surface area contributed by atoms with Crippen LogP contribution in [0, 0.1) is 5.92 Å². The molecule has 4 heteroatoms. The van der Waals surface area contributed by atoms with Crippen LogP contribution in [-0.2, 0) is 13.0 Å². The number of nitrogens with zero attached hydrogens (tertiary/aromatic N) is 2. The standard InChI is InChI=1S/C15H21N3O/c1-2-14-17-12-5-3-4-6-13(12)18(14)10-15(19,9-16)11-7-8-11/h3-6,11,19H,2,7-10,16H2,1H3. The van der Waals surface area contributed by atoms with Crippen LogP contribution in [0.25, 0.3) is 11.0 Å². The summed E-state index contributed by atoms with van der Waals surface area (Å²) < 4.78 is 2.14. The highest BCUT2D eigenvalue weighted by Crippen LogP contribution is 2.40. The number of aliphatic hydroxyl groups is 1. The number of para-hydroxylation sites is 2. The maximum absolute atomic E-state index is 10.7. The zero-order valence-electron chi connectivity index (χ0n) is 11.3. The molecule has 0 saturated heterocycles. The van der Waals surface area contributed by atoms with Gasteiger partial charge in [-0.1, -0.05) is 19.1 Å². The van der Waals surface area contributed by atoms with Gasteiger partial charge in [-0.05, 0) is 30.9 Å². The Bertz CT molecular complexity index is 588. The third-order valence-corrected chi connectivity index (χ3v) is 4.17. The van der Waals surface area contributed by atoms with Crippen LogP contribution in [0.15, 0.2) is 24.3 Å². The minimum atomic E-state index is -0.784. The van der Waals surface area contributed by atoms with Crippen molar-refractivity contribution < 1.29 is 5.11 Å². The average Bonchev–Trinajstić information content (AvgIpc) is 3.24. The quantitative estimate of drug-likeness (QED) is 0.859. The van der Waals surface area contributed by atoms with Crippen molar-refractivity contribution in [1.29, 1.82) is 0 Å². The molecule has 1 unspecified atom stereocenters. The molecule has 0 bridgehead atoms. The van der Waals surface area contributed by atoms with Gasteiger partial charge in [-0.25, -0.2) is 4.98 Å². The van der Waals surface area contributed by atoms with E-state index in [1.165, 1.54) is 0 Å². The number of aromatic nitrogens is 2. The molecule has 1 aliphatic rings. The van der Waals surface area contributed by atoms with Crippen LogP contribution in [0.3, 0.4) is 0 Å². The predicted molar refractivity (Wildman–Crippen MR) is 75.8 cm³/mol. The molecule has 0 aliphatic heterocycles. The minimum Gasteiger partial charge on any atom is -0.386 e. The zero-order chi connectivity index (χ0) is 13.5. The number of fused-ring (bicyclic) bond motifs is 1. The van der Waals surface area contributed by atoms with E-state index < -0.39 is 5.60 Å². The first-order valence-electron chi connectivity index (χ1n) is 7.04. The second kappa shape index (κ2) is 4.62. The van der Waals surface area contributed by atoms with E-state index in [-0.39, 0.29) is 0 Å². The minimum absolute atomic E-state index is 0.313. The van der Waals surface area contributed by atoms with Gasteiger partial charge in [0, 0.05) is 13.0 Å². The van der Waals surface area contributed by atoms with Gasteiger partial charge in [0.25, 0.3) is 0 Å². The summed E-state index contributed by atoms with van der Waals surface area (Å²) in [6, 6.07) is 8.09. The van der Waals surface area contributed by atoms with Gasteiger partial charge in [-0.15, -0.1) is 0 Å². The molecule has 19 heavy (non-hydrogen) atoms. The van der Waals surface area contributed by atoms with Crippen molar-refractivity contribution in [2.24, 2.45) is 11.7 Å². The van der Waals surface area contributed by atoms with Gasteiger partial charge in [0.1, 0.15) is 5.82 Å². The maximum atomic E-state index is 10.7. The van der Waals surface area contributed by atoms with E-state index in [0.717, 1.165) is 36.1 Å². The number of hydrogen-bond acceptors (Lipinski definition) is 3. The number of aryl methyl sites for hydroxylation is 1. The summed E-state index contributed by atoms with van der Waals surface area (Å²) in [6.07, 6.45) is 3.03. The highest BCUT2D eigenvalue weighted by atomic mass is 16.3. The summed E-state index contributed by atoms with van der Waals surface area (Å²) in [4.78, 5) is 4.64. The third kappa shape index (κ3) is 2.15. The summed E-state index contributed by atoms with van der Waals surface area (Å²) in [6.45, 7) is 2.96. The Hall–Kier alpha value is -1.39.